The molecule has 0 radical (unpaired) electrons. The van der Waals surface area contributed by atoms with Gasteiger partial charge in [-0.05, 0) is 55.3 Å². The molecule has 3 aromatic carbocycles. The van der Waals surface area contributed by atoms with Crippen LogP contribution in [0.1, 0.15) is 22.8 Å². The highest BCUT2D eigenvalue weighted by molar-refractivity contribution is 8.05. The van der Waals surface area contributed by atoms with Crippen molar-refractivity contribution in [1.82, 2.24) is 0 Å². The van der Waals surface area contributed by atoms with Crippen LogP contribution in [0.5, 0.6) is 0 Å². The molecule has 0 bridgehead atoms. The summed E-state index contributed by atoms with van der Waals surface area (Å²) >= 11 is 7.33. The lowest BCUT2D eigenvalue weighted by Gasteiger charge is -2.18. The second-order valence-electron chi connectivity index (χ2n) is 7.96. The van der Waals surface area contributed by atoms with Crippen molar-refractivity contribution < 1.29 is 19.1 Å². The number of nitriles is 1. The topological polar surface area (TPSA) is 99.5 Å². The lowest BCUT2D eigenvalue weighted by atomic mass is 10.1. The van der Waals surface area contributed by atoms with Crippen LogP contribution in [0.4, 0.5) is 11.4 Å². The van der Waals surface area contributed by atoms with Gasteiger partial charge < -0.3 is 10.1 Å². The molecule has 2 amide bonds. The van der Waals surface area contributed by atoms with Gasteiger partial charge in [0, 0.05) is 5.69 Å². The zero-order chi connectivity index (χ0) is 26.4. The number of carbonyl (C=O) groups excluding carboxylic acids is 3. The summed E-state index contributed by atoms with van der Waals surface area (Å²) in [5, 5.41) is 12.6. The Labute approximate surface area is 223 Å². The van der Waals surface area contributed by atoms with Crippen LogP contribution in [0.2, 0.25) is 5.02 Å². The third kappa shape index (κ3) is 5.85. The molecule has 1 aliphatic rings. The third-order valence-electron chi connectivity index (χ3n) is 5.53. The molecule has 4 rings (SSSR count). The number of hydrogen-bond acceptors (Lipinski definition) is 6. The zero-order valence-electron chi connectivity index (χ0n) is 19.8. The quantitative estimate of drug-likeness (QED) is 0.243. The number of nitrogens with zero attached hydrogens (tertiary/aromatic N) is 2. The van der Waals surface area contributed by atoms with Crippen molar-refractivity contribution in [2.75, 3.05) is 16.8 Å². The van der Waals surface area contributed by atoms with Gasteiger partial charge in [0.1, 0.15) is 16.7 Å². The van der Waals surface area contributed by atoms with Crippen LogP contribution in [0.3, 0.4) is 0 Å². The fourth-order valence-corrected chi connectivity index (χ4v) is 5.24. The van der Waals surface area contributed by atoms with E-state index in [-0.39, 0.29) is 23.1 Å². The maximum Gasteiger partial charge on any atom is 0.338 e. The molecule has 3 aromatic rings. The highest BCUT2D eigenvalue weighted by Gasteiger charge is 2.40. The molecule has 1 aliphatic heterocycles. The van der Waals surface area contributed by atoms with E-state index in [0.717, 1.165) is 17.3 Å². The monoisotopic (exact) mass is 531 g/mol. The highest BCUT2D eigenvalue weighted by Crippen LogP contribution is 2.42. The Bertz CT molecular complexity index is 1400. The average molecular weight is 532 g/mol. The van der Waals surface area contributed by atoms with Crippen LogP contribution in [0, 0.1) is 11.3 Å². The molecule has 1 fully saturated rings. The summed E-state index contributed by atoms with van der Waals surface area (Å²) in [6, 6.07) is 24.4. The second kappa shape index (κ2) is 11.8. The molecule has 1 N–H and O–H groups in total. The van der Waals surface area contributed by atoms with Gasteiger partial charge in [-0.3, -0.25) is 14.5 Å². The minimum atomic E-state index is -0.661. The predicted octanol–water partition coefficient (Wildman–Crippen LogP) is 5.58. The van der Waals surface area contributed by atoms with E-state index in [2.05, 4.69) is 5.32 Å². The van der Waals surface area contributed by atoms with Crippen molar-refractivity contribution in [2.24, 2.45) is 0 Å². The van der Waals surface area contributed by atoms with E-state index >= 15 is 0 Å². The average Bonchev–Trinajstić information content (AvgIpc) is 3.22. The largest absolute Gasteiger partial charge is 0.462 e. The summed E-state index contributed by atoms with van der Waals surface area (Å²) in [5.41, 5.74) is 1.97. The van der Waals surface area contributed by atoms with Gasteiger partial charge in [-0.2, -0.15) is 5.26 Å². The van der Waals surface area contributed by atoms with Crippen molar-refractivity contribution in [3.63, 3.8) is 0 Å². The summed E-state index contributed by atoms with van der Waals surface area (Å²) in [5.74, 6) is -1.32. The molecule has 0 unspecified atom stereocenters. The van der Waals surface area contributed by atoms with Gasteiger partial charge in [0.05, 0.1) is 28.1 Å². The molecule has 37 heavy (non-hydrogen) atoms. The summed E-state index contributed by atoms with van der Waals surface area (Å²) in [6.45, 7) is 2.02. The lowest BCUT2D eigenvalue weighted by molar-refractivity contribution is -0.117. The number of anilines is 2. The fraction of sp³-hybridized carbons (Fsp3) is 0.143. The van der Waals surface area contributed by atoms with E-state index in [1.807, 2.05) is 12.1 Å². The fourth-order valence-electron chi connectivity index (χ4n) is 3.75. The molecule has 9 heteroatoms. The molecular formula is C28H22ClN3O4S. The molecule has 0 spiro atoms. The molecule has 0 saturated carbocycles. The number of hydrogen-bond donors (Lipinski definition) is 1. The van der Waals surface area contributed by atoms with E-state index in [1.54, 1.807) is 79.7 Å². The Morgan fingerprint density at radius 2 is 1.73 bits per heavy atom. The Kier molecular flexibility index (Phi) is 8.29. The van der Waals surface area contributed by atoms with Crippen LogP contribution >= 0.6 is 23.4 Å². The van der Waals surface area contributed by atoms with Crippen LogP contribution in [0.25, 0.3) is 0 Å². The molecule has 1 atom stereocenters. The number of halogens is 1. The van der Waals surface area contributed by atoms with E-state index in [9.17, 15) is 19.6 Å². The molecule has 7 nitrogen and oxygen atoms in total. The smallest absolute Gasteiger partial charge is 0.338 e. The van der Waals surface area contributed by atoms with Crippen LogP contribution in [0.15, 0.2) is 89.5 Å². The van der Waals surface area contributed by atoms with E-state index in [4.69, 9.17) is 16.3 Å². The third-order valence-corrected chi connectivity index (χ3v) is 7.12. The Balaban J connectivity index is 1.65. The predicted molar refractivity (Wildman–Crippen MR) is 144 cm³/mol. The number of benzene rings is 3. The van der Waals surface area contributed by atoms with Crippen molar-refractivity contribution >= 4 is 52.5 Å². The van der Waals surface area contributed by atoms with Crippen LogP contribution < -0.4 is 10.2 Å². The van der Waals surface area contributed by atoms with E-state index < -0.39 is 17.1 Å². The second-order valence-corrected chi connectivity index (χ2v) is 9.56. The molecular weight excluding hydrogens is 510 g/mol. The van der Waals surface area contributed by atoms with Crippen molar-refractivity contribution in [3.05, 3.63) is 106 Å². The lowest BCUT2D eigenvalue weighted by Crippen LogP contribution is -2.30. The molecule has 1 heterocycles. The maximum atomic E-state index is 13.6. The van der Waals surface area contributed by atoms with Crippen molar-refractivity contribution in [2.45, 2.75) is 18.6 Å². The van der Waals surface area contributed by atoms with Gasteiger partial charge in [0.2, 0.25) is 5.91 Å². The first-order valence-electron chi connectivity index (χ1n) is 11.4. The van der Waals surface area contributed by atoms with Gasteiger partial charge in [-0.1, -0.05) is 65.8 Å². The number of carbonyl (C=O) groups is 3. The standard InChI is InChI=1S/C28H22ClN3O4S/c1-2-36-28(35)19-14-12-18(13-15-19)16-24-26(34)32(20-8-4-3-5-9-20)27(37-24)21(17-30)25(33)31-23-11-7-6-10-22(23)29/h3-15,24H,2,16H2,1H3,(H,31,33)/b27-21-/t24-/m0/s1. The summed E-state index contributed by atoms with van der Waals surface area (Å²) in [6.07, 6.45) is 0.338. The first-order chi connectivity index (χ1) is 17.9. The minimum Gasteiger partial charge on any atom is -0.462 e. The molecule has 1 saturated heterocycles. The van der Waals surface area contributed by atoms with Crippen molar-refractivity contribution in [3.8, 4) is 6.07 Å². The van der Waals surface area contributed by atoms with Crippen LogP contribution in [-0.2, 0) is 20.7 Å². The highest BCUT2D eigenvalue weighted by atomic mass is 35.5. The number of amides is 2. The molecule has 0 aromatic heterocycles. The van der Waals surface area contributed by atoms with E-state index in [0.29, 0.717) is 28.4 Å². The van der Waals surface area contributed by atoms with Crippen LogP contribution in [-0.4, -0.2) is 29.6 Å². The molecule has 0 aliphatic carbocycles. The van der Waals surface area contributed by atoms with Gasteiger partial charge in [0.15, 0.2) is 0 Å². The summed E-state index contributed by atoms with van der Waals surface area (Å²) in [4.78, 5) is 40.1. The SMILES string of the molecule is CCOC(=O)c1ccc(C[C@@H]2S/C(=C(/C#N)C(=O)Nc3ccccc3Cl)N(c3ccccc3)C2=O)cc1. The Morgan fingerprint density at radius 1 is 1.05 bits per heavy atom. The number of rotatable bonds is 7. The van der Waals surface area contributed by atoms with Gasteiger partial charge in [-0.25, -0.2) is 4.79 Å². The Hall–Kier alpha value is -4.06. The van der Waals surface area contributed by atoms with Crippen molar-refractivity contribution in [1.29, 1.82) is 5.26 Å². The first-order valence-corrected chi connectivity index (χ1v) is 12.7. The minimum absolute atomic E-state index is 0.192. The first kappa shape index (κ1) is 26.0. The Morgan fingerprint density at radius 3 is 2.38 bits per heavy atom. The number of ether oxygens (including phenoxy) is 1. The van der Waals surface area contributed by atoms with Gasteiger partial charge >= 0.3 is 5.97 Å². The van der Waals surface area contributed by atoms with Gasteiger partial charge in [-0.15, -0.1) is 0 Å². The maximum absolute atomic E-state index is 13.6. The normalized spacial score (nSPS) is 16.2. The number of para-hydroxylation sites is 2. The summed E-state index contributed by atoms with van der Waals surface area (Å²) < 4.78 is 5.02. The zero-order valence-corrected chi connectivity index (χ0v) is 21.4. The molecule has 186 valence electrons. The van der Waals surface area contributed by atoms with Gasteiger partial charge in [0.25, 0.3) is 5.91 Å². The number of esters is 1. The van der Waals surface area contributed by atoms with E-state index in [1.165, 1.54) is 4.90 Å². The number of thioether (sulfide) groups is 1. The number of nitrogens with one attached hydrogen (secondary N) is 1. The summed E-state index contributed by atoms with van der Waals surface area (Å²) in [7, 11) is 0.